The molecule has 1 N–H and O–H groups in total. The number of aromatic nitrogens is 2. The van der Waals surface area contributed by atoms with Gasteiger partial charge in [-0.3, -0.25) is 19.4 Å². The van der Waals surface area contributed by atoms with Crippen LogP contribution in [0, 0.1) is 5.92 Å². The number of piperazine rings is 1. The van der Waals surface area contributed by atoms with E-state index in [4.69, 9.17) is 4.74 Å². The Morgan fingerprint density at radius 1 is 1.33 bits per heavy atom. The maximum absolute atomic E-state index is 12.6. The smallest absolute Gasteiger partial charge is 0.246 e. The Labute approximate surface area is 161 Å². The summed E-state index contributed by atoms with van der Waals surface area (Å²) in [7, 11) is 3.63. The second kappa shape index (κ2) is 9.18. The number of aliphatic imine (C=N–C) groups is 1. The average molecular weight is 377 g/mol. The van der Waals surface area contributed by atoms with Crippen LogP contribution < -0.4 is 10.2 Å². The summed E-state index contributed by atoms with van der Waals surface area (Å²) in [6.45, 7) is 9.48. The summed E-state index contributed by atoms with van der Waals surface area (Å²) in [5.74, 6) is 1.36. The Kier molecular flexibility index (Phi) is 6.68. The van der Waals surface area contributed by atoms with Crippen molar-refractivity contribution in [3.05, 3.63) is 12.4 Å². The highest BCUT2D eigenvalue weighted by Crippen LogP contribution is 2.16. The molecular formula is C18H31N7O2. The molecule has 27 heavy (non-hydrogen) atoms. The number of hydrogen-bond acceptors (Lipinski definition) is 5. The lowest BCUT2D eigenvalue weighted by Crippen LogP contribution is -2.56. The third-order valence-corrected chi connectivity index (χ3v) is 5.02. The molecule has 0 aromatic carbocycles. The van der Waals surface area contributed by atoms with Gasteiger partial charge in [-0.2, -0.15) is 5.10 Å². The molecule has 0 radical (unpaired) electrons. The second-order valence-corrected chi connectivity index (χ2v) is 7.29. The van der Waals surface area contributed by atoms with Gasteiger partial charge in [0.25, 0.3) is 0 Å². The standard InChI is InChI=1S/C18H31N7O2/c1-15(12-23-6-8-27-9-7-23)10-20-18(19-2)24-4-5-25(17(26)14-24)16-11-21-22(3)13-16/h11,13,15H,4-10,12,14H2,1-3H3,(H,19,20). The van der Waals surface area contributed by atoms with Crippen LogP contribution in [-0.2, 0) is 16.6 Å². The number of amides is 1. The highest BCUT2D eigenvalue weighted by atomic mass is 16.5. The van der Waals surface area contributed by atoms with Crippen molar-refractivity contribution in [2.24, 2.45) is 18.0 Å². The molecule has 9 nitrogen and oxygen atoms in total. The Morgan fingerprint density at radius 3 is 2.74 bits per heavy atom. The number of aryl methyl sites for hydroxylation is 1. The summed E-state index contributed by atoms with van der Waals surface area (Å²) in [4.78, 5) is 23.2. The number of morpholine rings is 1. The van der Waals surface area contributed by atoms with Gasteiger partial charge in [-0.05, 0) is 5.92 Å². The van der Waals surface area contributed by atoms with Crippen LogP contribution in [0.2, 0.25) is 0 Å². The molecule has 1 unspecified atom stereocenters. The average Bonchev–Trinajstić information content (AvgIpc) is 3.09. The van der Waals surface area contributed by atoms with Crippen molar-refractivity contribution < 1.29 is 9.53 Å². The molecule has 0 aliphatic carbocycles. The van der Waals surface area contributed by atoms with Crippen LogP contribution >= 0.6 is 0 Å². The van der Waals surface area contributed by atoms with E-state index in [1.54, 1.807) is 22.8 Å². The number of rotatable bonds is 5. The zero-order valence-corrected chi connectivity index (χ0v) is 16.6. The number of anilines is 1. The number of carbonyl (C=O) groups is 1. The number of nitrogens with zero attached hydrogens (tertiary/aromatic N) is 6. The van der Waals surface area contributed by atoms with Crippen molar-refractivity contribution in [2.75, 3.05) is 71.0 Å². The van der Waals surface area contributed by atoms with Gasteiger partial charge in [0, 0.05) is 59.6 Å². The molecule has 2 aliphatic heterocycles. The first kappa shape index (κ1) is 19.6. The predicted molar refractivity (Wildman–Crippen MR) is 105 cm³/mol. The number of ether oxygens (including phenoxy) is 1. The van der Waals surface area contributed by atoms with E-state index in [0.29, 0.717) is 19.0 Å². The lowest BCUT2D eigenvalue weighted by Gasteiger charge is -2.36. The monoisotopic (exact) mass is 377 g/mol. The largest absolute Gasteiger partial charge is 0.379 e. The highest BCUT2D eigenvalue weighted by molar-refractivity contribution is 5.98. The van der Waals surface area contributed by atoms with E-state index in [0.717, 1.165) is 57.6 Å². The Hall–Kier alpha value is -2.13. The Balaban J connectivity index is 1.47. The van der Waals surface area contributed by atoms with Gasteiger partial charge in [0.1, 0.15) is 6.54 Å². The first-order valence-electron chi connectivity index (χ1n) is 9.61. The topological polar surface area (TPSA) is 78.2 Å². The molecule has 150 valence electrons. The van der Waals surface area contributed by atoms with Gasteiger partial charge in [-0.15, -0.1) is 0 Å². The van der Waals surface area contributed by atoms with Crippen molar-refractivity contribution in [1.82, 2.24) is 24.9 Å². The van der Waals surface area contributed by atoms with Crippen LogP contribution in [0.3, 0.4) is 0 Å². The van der Waals surface area contributed by atoms with Crippen LogP contribution in [0.4, 0.5) is 5.69 Å². The molecule has 3 rings (SSSR count). The SMILES string of the molecule is CN=C(NCC(C)CN1CCOCC1)N1CCN(c2cnn(C)c2)C(=O)C1. The van der Waals surface area contributed by atoms with Gasteiger partial charge in [-0.25, -0.2) is 0 Å². The fourth-order valence-corrected chi connectivity index (χ4v) is 3.56. The summed E-state index contributed by atoms with van der Waals surface area (Å²) in [6.07, 6.45) is 3.60. The molecule has 3 heterocycles. The van der Waals surface area contributed by atoms with E-state index in [2.05, 4.69) is 27.2 Å². The van der Waals surface area contributed by atoms with Crippen molar-refractivity contribution in [3.63, 3.8) is 0 Å². The molecule has 2 fully saturated rings. The van der Waals surface area contributed by atoms with Crippen LogP contribution in [0.15, 0.2) is 17.4 Å². The predicted octanol–water partition coefficient (Wildman–Crippen LogP) is -0.388. The highest BCUT2D eigenvalue weighted by Gasteiger charge is 2.27. The van der Waals surface area contributed by atoms with Crippen LogP contribution in [-0.4, -0.2) is 97.5 Å². The maximum atomic E-state index is 12.6. The quantitative estimate of drug-likeness (QED) is 0.556. The molecule has 2 saturated heterocycles. The van der Waals surface area contributed by atoms with Gasteiger partial charge < -0.3 is 19.9 Å². The van der Waals surface area contributed by atoms with E-state index in [1.165, 1.54) is 0 Å². The third kappa shape index (κ3) is 5.20. The van der Waals surface area contributed by atoms with E-state index < -0.39 is 0 Å². The number of hydrogen-bond donors (Lipinski definition) is 1. The number of nitrogens with one attached hydrogen (secondary N) is 1. The molecule has 1 aromatic heterocycles. The van der Waals surface area contributed by atoms with Crippen LogP contribution in [0.5, 0.6) is 0 Å². The van der Waals surface area contributed by atoms with Gasteiger partial charge in [0.2, 0.25) is 5.91 Å². The van der Waals surface area contributed by atoms with Crippen LogP contribution in [0.25, 0.3) is 0 Å². The summed E-state index contributed by atoms with van der Waals surface area (Å²) in [5, 5.41) is 7.59. The first-order valence-corrected chi connectivity index (χ1v) is 9.61. The normalized spacial score (nSPS) is 20.9. The summed E-state index contributed by atoms with van der Waals surface area (Å²) in [6, 6.07) is 0. The fourth-order valence-electron chi connectivity index (χ4n) is 3.56. The molecular weight excluding hydrogens is 346 g/mol. The molecule has 9 heteroatoms. The first-order chi connectivity index (χ1) is 13.1. The van der Waals surface area contributed by atoms with Crippen molar-refractivity contribution >= 4 is 17.6 Å². The second-order valence-electron chi connectivity index (χ2n) is 7.29. The van der Waals surface area contributed by atoms with Gasteiger partial charge in [-0.1, -0.05) is 6.92 Å². The minimum Gasteiger partial charge on any atom is -0.379 e. The van der Waals surface area contributed by atoms with E-state index in [1.807, 2.05) is 18.1 Å². The molecule has 1 amide bonds. The van der Waals surface area contributed by atoms with Gasteiger partial charge >= 0.3 is 0 Å². The molecule has 1 aromatic rings. The summed E-state index contributed by atoms with van der Waals surface area (Å²) >= 11 is 0. The Morgan fingerprint density at radius 2 is 2.11 bits per heavy atom. The van der Waals surface area contributed by atoms with Crippen molar-refractivity contribution in [3.8, 4) is 0 Å². The third-order valence-electron chi connectivity index (χ3n) is 5.02. The minimum absolute atomic E-state index is 0.0681. The van der Waals surface area contributed by atoms with Crippen molar-refractivity contribution in [1.29, 1.82) is 0 Å². The van der Waals surface area contributed by atoms with E-state index in [-0.39, 0.29) is 5.91 Å². The fraction of sp³-hybridized carbons (Fsp3) is 0.722. The van der Waals surface area contributed by atoms with E-state index in [9.17, 15) is 4.79 Å². The lowest BCUT2D eigenvalue weighted by molar-refractivity contribution is -0.120. The maximum Gasteiger partial charge on any atom is 0.246 e. The summed E-state index contributed by atoms with van der Waals surface area (Å²) < 4.78 is 7.12. The molecule has 2 aliphatic rings. The summed E-state index contributed by atoms with van der Waals surface area (Å²) in [5.41, 5.74) is 0.851. The lowest BCUT2D eigenvalue weighted by atomic mass is 10.1. The number of carbonyl (C=O) groups excluding carboxylic acids is 1. The molecule has 1 atom stereocenters. The Bertz CT molecular complexity index is 654. The molecule has 0 spiro atoms. The zero-order valence-electron chi connectivity index (χ0n) is 16.6. The van der Waals surface area contributed by atoms with Crippen molar-refractivity contribution in [2.45, 2.75) is 6.92 Å². The minimum atomic E-state index is 0.0681. The molecule has 0 bridgehead atoms. The number of guanidine groups is 1. The van der Waals surface area contributed by atoms with Gasteiger partial charge in [0.15, 0.2) is 5.96 Å². The van der Waals surface area contributed by atoms with Crippen LogP contribution in [0.1, 0.15) is 6.92 Å². The van der Waals surface area contributed by atoms with E-state index >= 15 is 0 Å². The zero-order chi connectivity index (χ0) is 19.2. The molecule has 0 saturated carbocycles. The van der Waals surface area contributed by atoms with Gasteiger partial charge in [0.05, 0.1) is 25.1 Å².